The number of hydrogen-bond donors (Lipinski definition) is 1. The van der Waals surface area contributed by atoms with Crippen molar-refractivity contribution in [1.82, 2.24) is 24.6 Å². The van der Waals surface area contributed by atoms with Crippen LogP contribution in [0, 0.1) is 20.8 Å². The summed E-state index contributed by atoms with van der Waals surface area (Å²) < 4.78 is 3.30. The number of halogens is 1. The zero-order chi connectivity index (χ0) is 24.9. The summed E-state index contributed by atoms with van der Waals surface area (Å²) in [4.78, 5) is 44.5. The molecule has 1 fully saturated rings. The van der Waals surface area contributed by atoms with Gasteiger partial charge in [0.1, 0.15) is 11.5 Å². The van der Waals surface area contributed by atoms with Crippen LogP contribution in [0.2, 0.25) is 5.02 Å². The SMILES string of the molecule is Cc1cc(C=C2NC(=O)N(Cc3ccc(Cl)cc3)C2=O)c(C)n1-n1c(C)nc2ccccc2c1=O. The van der Waals surface area contributed by atoms with Crippen LogP contribution in [0.1, 0.15) is 28.3 Å². The van der Waals surface area contributed by atoms with E-state index in [0.29, 0.717) is 27.3 Å². The molecule has 1 saturated heterocycles. The van der Waals surface area contributed by atoms with E-state index in [1.165, 1.54) is 4.68 Å². The molecule has 3 heterocycles. The number of urea groups is 1. The molecule has 5 rings (SSSR count). The van der Waals surface area contributed by atoms with Crippen LogP contribution < -0.4 is 10.9 Å². The molecule has 0 aliphatic carbocycles. The predicted molar refractivity (Wildman–Crippen MR) is 134 cm³/mol. The van der Waals surface area contributed by atoms with Gasteiger partial charge in [0.2, 0.25) is 0 Å². The standard InChI is InChI=1S/C26H22ClN5O3/c1-15-12-19(13-23-25(34)30(26(35)29-23)14-18-8-10-20(27)11-9-18)16(2)31(15)32-17(3)28-22-7-5-4-6-21(22)24(32)33/h4-13H,14H2,1-3H3,(H,29,35). The minimum atomic E-state index is -0.490. The first-order valence-electron chi connectivity index (χ1n) is 11.0. The number of hydrogen-bond acceptors (Lipinski definition) is 4. The number of para-hydroxylation sites is 1. The van der Waals surface area contributed by atoms with E-state index < -0.39 is 11.9 Å². The summed E-state index contributed by atoms with van der Waals surface area (Å²) in [5, 5.41) is 3.76. The van der Waals surface area contributed by atoms with Crippen LogP contribution in [0.5, 0.6) is 0 Å². The van der Waals surface area contributed by atoms with Gasteiger partial charge in [-0.2, -0.15) is 4.68 Å². The van der Waals surface area contributed by atoms with Gasteiger partial charge in [0.25, 0.3) is 11.5 Å². The van der Waals surface area contributed by atoms with Crippen molar-refractivity contribution in [2.24, 2.45) is 0 Å². The van der Waals surface area contributed by atoms with Gasteiger partial charge in [0.15, 0.2) is 0 Å². The van der Waals surface area contributed by atoms with E-state index in [9.17, 15) is 14.4 Å². The average Bonchev–Trinajstić information content (AvgIpc) is 3.25. The topological polar surface area (TPSA) is 89.2 Å². The van der Waals surface area contributed by atoms with Crippen LogP contribution in [0.15, 0.2) is 65.1 Å². The lowest BCUT2D eigenvalue weighted by Crippen LogP contribution is -2.30. The van der Waals surface area contributed by atoms with Crippen LogP contribution in [0.3, 0.4) is 0 Å². The Morgan fingerprint density at radius 1 is 0.971 bits per heavy atom. The molecule has 0 unspecified atom stereocenters. The Bertz CT molecular complexity index is 1600. The van der Waals surface area contributed by atoms with Crippen LogP contribution >= 0.6 is 11.6 Å². The third-order valence-electron chi connectivity index (χ3n) is 6.07. The van der Waals surface area contributed by atoms with Gasteiger partial charge in [0, 0.05) is 16.4 Å². The van der Waals surface area contributed by atoms with E-state index in [1.54, 1.807) is 54.1 Å². The van der Waals surface area contributed by atoms with E-state index in [4.69, 9.17) is 11.6 Å². The molecule has 1 aliphatic heterocycles. The number of nitrogens with zero attached hydrogens (tertiary/aromatic N) is 4. The number of carbonyl (C=O) groups excluding carboxylic acids is 2. The molecule has 1 N–H and O–H groups in total. The van der Waals surface area contributed by atoms with Gasteiger partial charge >= 0.3 is 6.03 Å². The highest BCUT2D eigenvalue weighted by atomic mass is 35.5. The molecular formula is C26H22ClN5O3. The second-order valence-electron chi connectivity index (χ2n) is 8.44. The maximum Gasteiger partial charge on any atom is 0.329 e. The molecule has 2 aromatic heterocycles. The first-order valence-corrected chi connectivity index (χ1v) is 11.4. The third kappa shape index (κ3) is 3.91. The van der Waals surface area contributed by atoms with E-state index in [0.717, 1.165) is 21.9 Å². The lowest BCUT2D eigenvalue weighted by atomic mass is 10.2. The number of aryl methyl sites for hydroxylation is 2. The van der Waals surface area contributed by atoms with Crippen molar-refractivity contribution >= 4 is 40.5 Å². The highest BCUT2D eigenvalue weighted by Crippen LogP contribution is 2.22. The van der Waals surface area contributed by atoms with Crippen molar-refractivity contribution < 1.29 is 9.59 Å². The number of amides is 3. The van der Waals surface area contributed by atoms with Gasteiger partial charge in [-0.3, -0.25) is 19.2 Å². The van der Waals surface area contributed by atoms with Crippen LogP contribution in [0.25, 0.3) is 17.0 Å². The summed E-state index contributed by atoms with van der Waals surface area (Å²) in [6.45, 7) is 5.64. The molecule has 0 atom stereocenters. The molecule has 35 heavy (non-hydrogen) atoms. The molecule has 0 radical (unpaired) electrons. The normalized spacial score (nSPS) is 14.9. The number of carbonyl (C=O) groups is 2. The summed E-state index contributed by atoms with van der Waals surface area (Å²) in [6, 6.07) is 15.6. The number of rotatable bonds is 4. The lowest BCUT2D eigenvalue weighted by molar-refractivity contribution is -0.123. The number of aromatic nitrogens is 3. The smallest absolute Gasteiger partial charge is 0.303 e. The summed E-state index contributed by atoms with van der Waals surface area (Å²) in [5.41, 5.74) is 3.63. The largest absolute Gasteiger partial charge is 0.329 e. The van der Waals surface area contributed by atoms with E-state index in [2.05, 4.69) is 10.3 Å². The third-order valence-corrected chi connectivity index (χ3v) is 6.32. The lowest BCUT2D eigenvalue weighted by Gasteiger charge is -2.16. The zero-order valence-electron chi connectivity index (χ0n) is 19.4. The highest BCUT2D eigenvalue weighted by molar-refractivity contribution is 6.30. The zero-order valence-corrected chi connectivity index (χ0v) is 20.1. The Hall–Kier alpha value is -4.17. The Balaban J connectivity index is 1.51. The van der Waals surface area contributed by atoms with Crippen molar-refractivity contribution in [3.05, 3.63) is 104 Å². The number of nitrogens with one attached hydrogen (secondary N) is 1. The first kappa shape index (κ1) is 22.6. The molecular weight excluding hydrogens is 466 g/mol. The fourth-order valence-corrected chi connectivity index (χ4v) is 4.47. The van der Waals surface area contributed by atoms with E-state index in [1.807, 2.05) is 32.0 Å². The van der Waals surface area contributed by atoms with Crippen molar-refractivity contribution in [3.8, 4) is 0 Å². The maximum absolute atomic E-state index is 13.3. The Kier molecular flexibility index (Phi) is 5.53. The minimum absolute atomic E-state index is 0.134. The van der Waals surface area contributed by atoms with Crippen LogP contribution in [0.4, 0.5) is 4.79 Å². The number of benzene rings is 2. The number of imide groups is 1. The fraction of sp³-hybridized carbons (Fsp3) is 0.154. The number of fused-ring (bicyclic) bond motifs is 1. The van der Waals surface area contributed by atoms with Gasteiger partial charge in [-0.15, -0.1) is 0 Å². The van der Waals surface area contributed by atoms with Crippen molar-refractivity contribution in [3.63, 3.8) is 0 Å². The van der Waals surface area contributed by atoms with E-state index in [-0.39, 0.29) is 17.8 Å². The van der Waals surface area contributed by atoms with E-state index >= 15 is 0 Å². The van der Waals surface area contributed by atoms with Crippen molar-refractivity contribution in [2.45, 2.75) is 27.3 Å². The van der Waals surface area contributed by atoms with Gasteiger partial charge in [-0.1, -0.05) is 35.9 Å². The predicted octanol–water partition coefficient (Wildman–Crippen LogP) is 4.18. The summed E-state index contributed by atoms with van der Waals surface area (Å²) in [6.07, 6.45) is 1.63. The molecule has 9 heteroatoms. The Morgan fingerprint density at radius 3 is 2.43 bits per heavy atom. The van der Waals surface area contributed by atoms with Gasteiger partial charge in [-0.05, 0) is 68.3 Å². The Morgan fingerprint density at radius 2 is 1.69 bits per heavy atom. The average molecular weight is 488 g/mol. The molecule has 8 nitrogen and oxygen atoms in total. The molecule has 2 aromatic carbocycles. The fourth-order valence-electron chi connectivity index (χ4n) is 4.34. The molecule has 0 bridgehead atoms. The molecule has 1 aliphatic rings. The second-order valence-corrected chi connectivity index (χ2v) is 8.87. The van der Waals surface area contributed by atoms with Gasteiger partial charge in [-0.25, -0.2) is 9.78 Å². The monoisotopic (exact) mass is 487 g/mol. The molecule has 176 valence electrons. The van der Waals surface area contributed by atoms with Crippen molar-refractivity contribution in [1.29, 1.82) is 0 Å². The van der Waals surface area contributed by atoms with Gasteiger partial charge < -0.3 is 5.32 Å². The highest BCUT2D eigenvalue weighted by Gasteiger charge is 2.33. The summed E-state index contributed by atoms with van der Waals surface area (Å²) >= 11 is 5.92. The van der Waals surface area contributed by atoms with Crippen LogP contribution in [-0.2, 0) is 11.3 Å². The minimum Gasteiger partial charge on any atom is -0.303 e. The van der Waals surface area contributed by atoms with Gasteiger partial charge in [0.05, 0.1) is 17.4 Å². The first-order chi connectivity index (χ1) is 16.7. The van der Waals surface area contributed by atoms with Crippen molar-refractivity contribution in [2.75, 3.05) is 0 Å². The van der Waals surface area contributed by atoms with Crippen LogP contribution in [-0.4, -0.2) is 31.2 Å². The second kappa shape index (κ2) is 8.56. The quantitative estimate of drug-likeness (QED) is 0.345. The molecule has 0 spiro atoms. The molecule has 4 aromatic rings. The molecule has 3 amide bonds. The molecule has 0 saturated carbocycles. The summed E-state index contributed by atoms with van der Waals surface area (Å²) in [7, 11) is 0. The maximum atomic E-state index is 13.3. The Labute approximate surface area is 206 Å². The summed E-state index contributed by atoms with van der Waals surface area (Å²) in [5.74, 6) is 0.115.